The van der Waals surface area contributed by atoms with Crippen molar-refractivity contribution in [2.24, 2.45) is 0 Å². The molecule has 39 heavy (non-hydrogen) atoms. The van der Waals surface area contributed by atoms with Crippen molar-refractivity contribution in [1.82, 2.24) is 0 Å². The van der Waals surface area contributed by atoms with Gasteiger partial charge in [0.05, 0.1) is 6.61 Å². The number of hydrogen-bond donors (Lipinski definition) is 1. The predicted octanol–water partition coefficient (Wildman–Crippen LogP) is 9.25. The summed E-state index contributed by atoms with van der Waals surface area (Å²) in [5, 5.41) is 9.46. The molecule has 1 aliphatic rings. The van der Waals surface area contributed by atoms with Gasteiger partial charge in [-0.25, -0.2) is 4.79 Å². The molecule has 3 rings (SSSR count). The lowest BCUT2D eigenvalue weighted by Gasteiger charge is -2.12. The van der Waals surface area contributed by atoms with Gasteiger partial charge in [0.2, 0.25) is 0 Å². The van der Waals surface area contributed by atoms with Crippen molar-refractivity contribution in [1.29, 1.82) is 0 Å². The number of carbonyl (C=O) groups is 1. The number of ether oxygens (including phenoxy) is 4. The van der Waals surface area contributed by atoms with Crippen LogP contribution in [-0.2, 0) is 9.47 Å². The molecule has 0 aliphatic carbocycles. The van der Waals surface area contributed by atoms with Gasteiger partial charge < -0.3 is 24.1 Å². The maximum atomic E-state index is 10.8. The Kier molecular flexibility index (Phi) is 42.8. The molecular weight excluding hydrogens is 511 g/mol. The Morgan fingerprint density at radius 2 is 1.21 bits per heavy atom. The van der Waals surface area contributed by atoms with Crippen LogP contribution < -0.4 is 9.47 Å². The Morgan fingerprint density at radius 3 is 1.56 bits per heavy atom. The van der Waals surface area contributed by atoms with E-state index in [0.29, 0.717) is 18.5 Å². The normalized spacial score (nSPS) is 12.6. The Balaban J connectivity index is -0.000000230. The minimum absolute atomic E-state index is 0.0213. The second-order valence-corrected chi connectivity index (χ2v) is 8.03. The minimum atomic E-state index is -0.791. The summed E-state index contributed by atoms with van der Waals surface area (Å²) in [4.78, 5) is 10.8. The molecule has 0 aromatic heterocycles. The number of benzene rings is 2. The van der Waals surface area contributed by atoms with E-state index in [4.69, 9.17) is 18.9 Å². The molecule has 1 fully saturated rings. The van der Waals surface area contributed by atoms with Gasteiger partial charge in [0.15, 0.2) is 0 Å². The zero-order chi connectivity index (χ0) is 30.7. The van der Waals surface area contributed by atoms with Gasteiger partial charge in [-0.3, -0.25) is 0 Å². The Morgan fingerprint density at radius 1 is 0.821 bits per heavy atom. The summed E-state index contributed by atoms with van der Waals surface area (Å²) >= 11 is 0. The average Bonchev–Trinajstić information content (AvgIpc) is 3.84. The van der Waals surface area contributed by atoms with Crippen molar-refractivity contribution in [2.45, 2.75) is 94.3 Å². The average molecular weight is 571 g/mol. The number of carbonyl (C=O) groups excluding carboxylic acids is 1. The molecule has 0 saturated carbocycles. The molecule has 1 saturated heterocycles. The van der Waals surface area contributed by atoms with Gasteiger partial charge in [0.1, 0.15) is 43.5 Å². The number of hydrogen-bond acceptors (Lipinski definition) is 6. The molecule has 228 valence electrons. The maximum absolute atomic E-state index is 10.8. The third-order valence-corrected chi connectivity index (χ3v) is 3.93. The topological polar surface area (TPSA) is 77.5 Å². The summed E-state index contributed by atoms with van der Waals surface area (Å²) in [6, 6.07) is 19.0. The first-order valence-corrected chi connectivity index (χ1v) is 16.0. The smallest absolute Gasteiger partial charge is 0.322 e. The van der Waals surface area contributed by atoms with Gasteiger partial charge in [0.25, 0.3) is 0 Å². The molecule has 0 radical (unpaired) electrons. The lowest BCUT2D eigenvalue weighted by molar-refractivity contribution is 0.0470. The van der Waals surface area contributed by atoms with Crippen LogP contribution in [0.2, 0.25) is 0 Å². The van der Waals surface area contributed by atoms with Crippen LogP contribution in [0.1, 0.15) is 82.1 Å². The molecular formula is C32H59O6P. The van der Waals surface area contributed by atoms with Gasteiger partial charge in [-0.15, -0.1) is 0 Å². The van der Waals surface area contributed by atoms with Gasteiger partial charge in [-0.1, -0.05) is 118 Å². The highest BCUT2D eigenvalue weighted by molar-refractivity contribution is 7.56. The molecule has 0 amide bonds. The summed E-state index contributed by atoms with van der Waals surface area (Å²) < 4.78 is 20.5. The van der Waals surface area contributed by atoms with Crippen molar-refractivity contribution in [3.05, 3.63) is 60.7 Å². The molecule has 1 heterocycles. The lowest BCUT2D eigenvalue weighted by atomic mass is 10.3. The van der Waals surface area contributed by atoms with Crippen LogP contribution in [0.4, 0.5) is 4.79 Å². The van der Waals surface area contributed by atoms with E-state index in [-0.39, 0.29) is 27.5 Å². The molecule has 7 heteroatoms. The first-order chi connectivity index (χ1) is 19.0. The third-order valence-electron chi connectivity index (χ3n) is 3.38. The highest BCUT2D eigenvalue weighted by atomic mass is 31.1. The first-order valence-electron chi connectivity index (χ1n) is 14.5. The van der Waals surface area contributed by atoms with Crippen LogP contribution in [-0.4, -0.2) is 56.1 Å². The van der Waals surface area contributed by atoms with Gasteiger partial charge >= 0.3 is 5.71 Å². The standard InChI is InChI=1S/C11H15O4P.C9H10O2.2C3H8.3C2H6/c1-16-11(13)15-8-9(12)7-14-10-5-3-2-4-6-10;1-2-4-8(5-3-1)10-6-9-7-11-9;2*1-3-2;3*1-2/h2-6,9,12,16H,7-8H2,1H3;1-5,9H,6-7H2;2*3H2,1-2H3;3*1-2H3. The van der Waals surface area contributed by atoms with Gasteiger partial charge in [0, 0.05) is 0 Å². The van der Waals surface area contributed by atoms with Crippen LogP contribution in [0.3, 0.4) is 0 Å². The predicted molar refractivity (Wildman–Crippen MR) is 171 cm³/mol. The van der Waals surface area contributed by atoms with Crippen LogP contribution in [0.5, 0.6) is 11.5 Å². The van der Waals surface area contributed by atoms with Crippen LogP contribution >= 0.6 is 8.58 Å². The summed E-state index contributed by atoms with van der Waals surface area (Å²) in [6.07, 6.45) is 2.05. The van der Waals surface area contributed by atoms with Crippen molar-refractivity contribution in [3.63, 3.8) is 0 Å². The van der Waals surface area contributed by atoms with E-state index in [1.807, 2.05) is 90.1 Å². The molecule has 0 bridgehead atoms. The molecule has 3 atom stereocenters. The number of aliphatic hydroxyl groups excluding tert-OH is 1. The van der Waals surface area contributed by atoms with E-state index >= 15 is 0 Å². The zero-order valence-electron chi connectivity index (χ0n) is 26.7. The fourth-order valence-corrected chi connectivity index (χ4v) is 2.10. The fourth-order valence-electron chi connectivity index (χ4n) is 1.87. The number of aliphatic hydroxyl groups is 1. The monoisotopic (exact) mass is 570 g/mol. The molecule has 6 nitrogen and oxygen atoms in total. The fraction of sp³-hybridized carbons (Fsp3) is 0.594. The van der Waals surface area contributed by atoms with Crippen LogP contribution in [0, 0.1) is 0 Å². The highest BCUT2D eigenvalue weighted by Gasteiger charge is 2.22. The summed E-state index contributed by atoms with van der Waals surface area (Å²) in [7, 11) is 0.0930. The van der Waals surface area contributed by atoms with E-state index in [2.05, 4.69) is 27.7 Å². The number of rotatable bonds is 9. The van der Waals surface area contributed by atoms with E-state index < -0.39 is 6.10 Å². The molecule has 0 spiro atoms. The van der Waals surface area contributed by atoms with E-state index in [1.165, 1.54) is 12.8 Å². The minimum Gasteiger partial charge on any atom is -0.491 e. The quantitative estimate of drug-likeness (QED) is 0.239. The number of para-hydroxylation sites is 2. The molecule has 2 aromatic rings. The van der Waals surface area contributed by atoms with Crippen molar-refractivity contribution in [3.8, 4) is 11.5 Å². The van der Waals surface area contributed by atoms with Crippen molar-refractivity contribution >= 4 is 14.3 Å². The molecule has 1 aliphatic heterocycles. The summed E-state index contributed by atoms with van der Waals surface area (Å²) in [6.45, 7) is 23.9. The molecule has 2 aromatic carbocycles. The van der Waals surface area contributed by atoms with Crippen LogP contribution in [0.15, 0.2) is 60.7 Å². The largest absolute Gasteiger partial charge is 0.491 e. The SMILES string of the molecule is CC.CC.CC.CCC.CCC.CPC(=O)OCC(O)COc1ccccc1.c1ccc(OCC2CO2)cc1. The van der Waals surface area contributed by atoms with Gasteiger partial charge in [-0.05, 0) is 39.5 Å². The van der Waals surface area contributed by atoms with Crippen molar-refractivity contribution in [2.75, 3.05) is 33.1 Å². The second-order valence-electron chi connectivity index (χ2n) is 7.12. The number of epoxide rings is 1. The Labute approximate surface area is 242 Å². The zero-order valence-corrected chi connectivity index (χ0v) is 27.7. The van der Waals surface area contributed by atoms with E-state index in [1.54, 1.807) is 18.8 Å². The third kappa shape index (κ3) is 35.9. The molecule has 3 unspecified atom stereocenters. The maximum Gasteiger partial charge on any atom is 0.322 e. The second kappa shape index (κ2) is 38.0. The van der Waals surface area contributed by atoms with Gasteiger partial charge in [-0.2, -0.15) is 0 Å². The summed E-state index contributed by atoms with van der Waals surface area (Å²) in [5.74, 6) is 1.60. The van der Waals surface area contributed by atoms with E-state index in [0.717, 1.165) is 12.4 Å². The summed E-state index contributed by atoms with van der Waals surface area (Å²) in [5.41, 5.74) is -0.293. The van der Waals surface area contributed by atoms with Crippen LogP contribution in [0.25, 0.3) is 0 Å². The first kappa shape index (κ1) is 43.9. The lowest BCUT2D eigenvalue weighted by Crippen LogP contribution is -2.24. The highest BCUT2D eigenvalue weighted by Crippen LogP contribution is 2.13. The van der Waals surface area contributed by atoms with Crippen molar-refractivity contribution < 1.29 is 28.8 Å². The van der Waals surface area contributed by atoms with E-state index in [9.17, 15) is 9.90 Å². The Hall–Kier alpha value is -2.14. The molecule has 1 N–H and O–H groups in total. The Bertz CT molecular complexity index is 680.